The third-order valence-electron chi connectivity index (χ3n) is 3.30. The van der Waals surface area contributed by atoms with E-state index < -0.39 is 5.82 Å². The highest BCUT2D eigenvalue weighted by atomic mass is 19.1. The van der Waals surface area contributed by atoms with Crippen molar-refractivity contribution in [1.82, 2.24) is 0 Å². The molecule has 0 radical (unpaired) electrons. The first-order chi connectivity index (χ1) is 9.61. The van der Waals surface area contributed by atoms with Gasteiger partial charge < -0.3 is 4.74 Å². The van der Waals surface area contributed by atoms with E-state index in [1.807, 2.05) is 38.1 Å². The molecule has 20 heavy (non-hydrogen) atoms. The quantitative estimate of drug-likeness (QED) is 0.837. The molecule has 0 aliphatic carbocycles. The van der Waals surface area contributed by atoms with Gasteiger partial charge in [0.25, 0.3) is 0 Å². The van der Waals surface area contributed by atoms with Crippen LogP contribution in [-0.2, 0) is 13.0 Å². The van der Waals surface area contributed by atoms with Gasteiger partial charge in [-0.25, -0.2) is 4.39 Å². The van der Waals surface area contributed by atoms with Gasteiger partial charge in [0.1, 0.15) is 6.61 Å². The minimum atomic E-state index is -0.405. The van der Waals surface area contributed by atoms with Gasteiger partial charge in [0.2, 0.25) is 0 Å². The van der Waals surface area contributed by atoms with Crippen molar-refractivity contribution in [2.45, 2.75) is 26.9 Å². The normalized spacial score (nSPS) is 10.1. The lowest BCUT2D eigenvalue weighted by atomic mass is 10.0. The second kappa shape index (κ2) is 6.21. The lowest BCUT2D eigenvalue weighted by molar-refractivity contribution is 0.288. The highest BCUT2D eigenvalue weighted by Crippen LogP contribution is 2.22. The number of aryl methyl sites for hydroxylation is 2. The molecular formula is C17H16FNO. The van der Waals surface area contributed by atoms with Crippen molar-refractivity contribution < 1.29 is 9.13 Å². The van der Waals surface area contributed by atoms with E-state index in [1.54, 1.807) is 12.1 Å². The standard InChI is InChI=1S/C17H16FNO/c1-12-4-3-5-13(2)15(12)11-20-17-10-14(8-9-19)6-7-16(17)18/h3-7,10H,8,11H2,1-2H3. The van der Waals surface area contributed by atoms with Crippen molar-refractivity contribution in [2.24, 2.45) is 0 Å². The Hall–Kier alpha value is -2.34. The van der Waals surface area contributed by atoms with Gasteiger partial charge in [-0.15, -0.1) is 0 Å². The molecule has 0 bridgehead atoms. The van der Waals surface area contributed by atoms with Crippen LogP contribution in [0.2, 0.25) is 0 Å². The van der Waals surface area contributed by atoms with Crippen LogP contribution in [0, 0.1) is 31.0 Å². The molecule has 102 valence electrons. The molecule has 0 aliphatic rings. The molecule has 0 unspecified atom stereocenters. The van der Waals surface area contributed by atoms with Crippen molar-refractivity contribution in [2.75, 3.05) is 0 Å². The Kier molecular flexibility index (Phi) is 4.37. The molecule has 0 fully saturated rings. The van der Waals surface area contributed by atoms with Crippen LogP contribution in [0.1, 0.15) is 22.3 Å². The molecule has 0 saturated heterocycles. The van der Waals surface area contributed by atoms with E-state index in [0.29, 0.717) is 6.61 Å². The average molecular weight is 269 g/mol. The van der Waals surface area contributed by atoms with Gasteiger partial charge in [-0.1, -0.05) is 24.3 Å². The van der Waals surface area contributed by atoms with E-state index >= 15 is 0 Å². The SMILES string of the molecule is Cc1cccc(C)c1COc1cc(CC#N)ccc1F. The molecule has 0 spiro atoms. The number of benzene rings is 2. The van der Waals surface area contributed by atoms with Crippen LogP contribution >= 0.6 is 0 Å². The highest BCUT2D eigenvalue weighted by Gasteiger charge is 2.08. The lowest BCUT2D eigenvalue weighted by Gasteiger charge is -2.12. The summed E-state index contributed by atoms with van der Waals surface area (Å²) in [7, 11) is 0. The van der Waals surface area contributed by atoms with Gasteiger partial charge in [0.05, 0.1) is 12.5 Å². The maximum Gasteiger partial charge on any atom is 0.165 e. The maximum absolute atomic E-state index is 13.7. The maximum atomic E-state index is 13.7. The Bertz CT molecular complexity index is 638. The summed E-state index contributed by atoms with van der Waals surface area (Å²) in [5, 5.41) is 8.68. The topological polar surface area (TPSA) is 33.0 Å². The van der Waals surface area contributed by atoms with Crippen LogP contribution in [0.15, 0.2) is 36.4 Å². The molecule has 3 heteroatoms. The van der Waals surface area contributed by atoms with Crippen molar-refractivity contribution in [3.05, 3.63) is 64.5 Å². The fraction of sp³-hybridized carbons (Fsp3) is 0.235. The summed E-state index contributed by atoms with van der Waals surface area (Å²) in [6, 6.07) is 12.6. The second-order valence-electron chi connectivity index (χ2n) is 4.76. The van der Waals surface area contributed by atoms with Gasteiger partial charge in [0.15, 0.2) is 11.6 Å². The van der Waals surface area contributed by atoms with Crippen LogP contribution in [0.5, 0.6) is 5.75 Å². The zero-order valence-electron chi connectivity index (χ0n) is 11.6. The summed E-state index contributed by atoms with van der Waals surface area (Å²) in [6.07, 6.45) is 0.250. The predicted molar refractivity (Wildman–Crippen MR) is 76.0 cm³/mol. The third-order valence-corrected chi connectivity index (χ3v) is 3.30. The molecule has 0 amide bonds. The van der Waals surface area contributed by atoms with Crippen molar-refractivity contribution in [3.8, 4) is 11.8 Å². The first-order valence-corrected chi connectivity index (χ1v) is 6.45. The summed E-state index contributed by atoms with van der Waals surface area (Å²) in [5.74, 6) is -0.210. The van der Waals surface area contributed by atoms with Crippen LogP contribution in [0.4, 0.5) is 4.39 Å². The number of nitrogens with zero attached hydrogens (tertiary/aromatic N) is 1. The van der Waals surface area contributed by atoms with Crippen molar-refractivity contribution in [3.63, 3.8) is 0 Å². The van der Waals surface area contributed by atoms with Gasteiger partial charge in [-0.2, -0.15) is 5.26 Å². The smallest absolute Gasteiger partial charge is 0.165 e. The summed E-state index contributed by atoms with van der Waals surface area (Å²) in [6.45, 7) is 4.34. The van der Waals surface area contributed by atoms with E-state index in [-0.39, 0.29) is 12.2 Å². The van der Waals surface area contributed by atoms with Crippen LogP contribution in [-0.4, -0.2) is 0 Å². The van der Waals surface area contributed by atoms with Crippen LogP contribution in [0.25, 0.3) is 0 Å². The molecule has 2 aromatic carbocycles. The molecule has 0 aromatic heterocycles. The van der Waals surface area contributed by atoms with Gasteiger partial charge in [-0.05, 0) is 48.2 Å². The zero-order valence-corrected chi connectivity index (χ0v) is 11.6. The summed E-state index contributed by atoms with van der Waals surface area (Å²) < 4.78 is 19.3. The monoisotopic (exact) mass is 269 g/mol. The number of halogens is 1. The Morgan fingerprint density at radius 2 is 1.85 bits per heavy atom. The zero-order chi connectivity index (χ0) is 14.5. The largest absolute Gasteiger partial charge is 0.486 e. The Morgan fingerprint density at radius 1 is 1.15 bits per heavy atom. The molecule has 0 saturated carbocycles. The molecule has 0 N–H and O–H groups in total. The van der Waals surface area contributed by atoms with E-state index in [4.69, 9.17) is 10.00 Å². The summed E-state index contributed by atoms with van der Waals surface area (Å²) in [4.78, 5) is 0. The fourth-order valence-electron chi connectivity index (χ4n) is 2.09. The second-order valence-corrected chi connectivity index (χ2v) is 4.76. The number of ether oxygens (including phenoxy) is 1. The van der Waals surface area contributed by atoms with E-state index in [2.05, 4.69) is 0 Å². The average Bonchev–Trinajstić information content (AvgIpc) is 2.42. The first-order valence-electron chi connectivity index (χ1n) is 6.45. The fourth-order valence-corrected chi connectivity index (χ4v) is 2.09. The van der Waals surface area contributed by atoms with E-state index in [1.165, 1.54) is 6.07 Å². The van der Waals surface area contributed by atoms with Crippen molar-refractivity contribution in [1.29, 1.82) is 5.26 Å². The van der Waals surface area contributed by atoms with Gasteiger partial charge >= 0.3 is 0 Å². The predicted octanol–water partition coefficient (Wildman–Crippen LogP) is 4.09. The molecule has 0 aliphatic heterocycles. The summed E-state index contributed by atoms with van der Waals surface area (Å²) in [5.41, 5.74) is 4.07. The van der Waals surface area contributed by atoms with Crippen LogP contribution < -0.4 is 4.74 Å². The number of hydrogen-bond acceptors (Lipinski definition) is 2. The van der Waals surface area contributed by atoms with Gasteiger partial charge in [0, 0.05) is 0 Å². The minimum Gasteiger partial charge on any atom is -0.486 e. The Morgan fingerprint density at radius 3 is 2.50 bits per heavy atom. The minimum absolute atomic E-state index is 0.195. The number of rotatable bonds is 4. The number of hydrogen-bond donors (Lipinski definition) is 0. The molecule has 0 heterocycles. The van der Waals surface area contributed by atoms with Crippen molar-refractivity contribution >= 4 is 0 Å². The molecular weight excluding hydrogens is 253 g/mol. The number of nitriles is 1. The Balaban J connectivity index is 2.19. The van der Waals surface area contributed by atoms with Crippen LogP contribution in [0.3, 0.4) is 0 Å². The van der Waals surface area contributed by atoms with E-state index in [0.717, 1.165) is 22.3 Å². The third kappa shape index (κ3) is 3.16. The molecule has 2 aromatic rings. The molecule has 2 nitrogen and oxygen atoms in total. The summed E-state index contributed by atoms with van der Waals surface area (Å²) >= 11 is 0. The first kappa shape index (κ1) is 14.1. The van der Waals surface area contributed by atoms with E-state index in [9.17, 15) is 4.39 Å². The molecule has 0 atom stereocenters. The van der Waals surface area contributed by atoms with Gasteiger partial charge in [-0.3, -0.25) is 0 Å². The molecule has 2 rings (SSSR count). The lowest BCUT2D eigenvalue weighted by Crippen LogP contribution is -2.02. The highest BCUT2D eigenvalue weighted by molar-refractivity contribution is 5.35. The Labute approximate surface area is 118 Å².